The molecule has 0 saturated heterocycles. The summed E-state index contributed by atoms with van der Waals surface area (Å²) in [4.78, 5) is 0. The molecule has 0 bridgehead atoms. The lowest BCUT2D eigenvalue weighted by atomic mass is 10.6. The normalized spacial score (nSPS) is 21.8. The molecular formula is C2H3F4NO2S. The largest absolute Gasteiger partial charge is 0.451 e. The molecule has 0 heterocycles. The van der Waals surface area contributed by atoms with Gasteiger partial charge in [0.2, 0.25) is 11.1 Å². The fourth-order valence-corrected chi connectivity index (χ4v) is 0.297. The van der Waals surface area contributed by atoms with Gasteiger partial charge in [0.25, 0.3) is 0 Å². The Hall–Kier alpha value is -0.210. The van der Waals surface area contributed by atoms with Crippen LogP contribution >= 0.6 is 0 Å². The van der Waals surface area contributed by atoms with E-state index in [9.17, 15) is 21.8 Å². The second-order valence-electron chi connectivity index (χ2n) is 1.39. The Morgan fingerprint density at radius 1 is 1.30 bits per heavy atom. The minimum Gasteiger partial charge on any atom is -0.302 e. The van der Waals surface area contributed by atoms with Gasteiger partial charge in [-0.3, -0.25) is 5.73 Å². The summed E-state index contributed by atoms with van der Waals surface area (Å²) in [5, 5.41) is -4.53. The van der Waals surface area contributed by atoms with Crippen LogP contribution in [0.4, 0.5) is 17.6 Å². The summed E-state index contributed by atoms with van der Waals surface area (Å²) < 4.78 is 62.7. The first-order chi connectivity index (χ1) is 4.19. The van der Waals surface area contributed by atoms with Crippen molar-refractivity contribution in [2.45, 2.75) is 11.3 Å². The summed E-state index contributed by atoms with van der Waals surface area (Å²) >= 11 is -3.76. The SMILES string of the molecule is NC(F)(S(=O)O)C(F)(F)F. The van der Waals surface area contributed by atoms with Gasteiger partial charge in [-0.2, -0.15) is 17.6 Å². The molecule has 2 atom stereocenters. The predicted octanol–water partition coefficient (Wildman–Crippen LogP) is 0.352. The second-order valence-corrected chi connectivity index (χ2v) is 2.48. The van der Waals surface area contributed by atoms with E-state index in [-0.39, 0.29) is 0 Å². The Balaban J connectivity index is 4.57. The maximum atomic E-state index is 11.8. The highest BCUT2D eigenvalue weighted by Crippen LogP contribution is 2.31. The van der Waals surface area contributed by atoms with Gasteiger partial charge in [-0.1, -0.05) is 0 Å². The number of hydrogen-bond acceptors (Lipinski definition) is 2. The molecule has 10 heavy (non-hydrogen) atoms. The van der Waals surface area contributed by atoms with Gasteiger partial charge in [0, 0.05) is 0 Å². The molecule has 0 amide bonds. The van der Waals surface area contributed by atoms with Crippen molar-refractivity contribution in [3.05, 3.63) is 0 Å². The third kappa shape index (κ3) is 1.64. The van der Waals surface area contributed by atoms with E-state index < -0.39 is 22.4 Å². The molecule has 0 aromatic heterocycles. The van der Waals surface area contributed by atoms with Gasteiger partial charge >= 0.3 is 11.3 Å². The summed E-state index contributed by atoms with van der Waals surface area (Å²) in [6.45, 7) is 0. The maximum Gasteiger partial charge on any atom is 0.451 e. The van der Waals surface area contributed by atoms with Crippen LogP contribution in [0.15, 0.2) is 0 Å². The standard InChI is InChI=1S/C2H3F4NO2S/c3-1(4,5)2(6,7)10(8)9/h7H2,(H,8,9). The van der Waals surface area contributed by atoms with E-state index in [2.05, 4.69) is 5.73 Å². The van der Waals surface area contributed by atoms with Crippen molar-refractivity contribution in [1.82, 2.24) is 0 Å². The smallest absolute Gasteiger partial charge is 0.302 e. The van der Waals surface area contributed by atoms with Crippen LogP contribution in [0.5, 0.6) is 0 Å². The first-order valence-corrected chi connectivity index (χ1v) is 2.95. The van der Waals surface area contributed by atoms with Gasteiger partial charge in [-0.05, 0) is 0 Å². The molecule has 0 aliphatic carbocycles. The number of hydrogen-bond donors (Lipinski definition) is 2. The Kier molecular flexibility index (Phi) is 2.39. The number of rotatable bonds is 1. The third-order valence-corrected chi connectivity index (χ3v) is 1.38. The fourth-order valence-electron chi connectivity index (χ4n) is 0.0990. The maximum absolute atomic E-state index is 11.8. The van der Waals surface area contributed by atoms with Crippen LogP contribution in [0.1, 0.15) is 0 Å². The van der Waals surface area contributed by atoms with E-state index in [1.54, 1.807) is 0 Å². The van der Waals surface area contributed by atoms with Gasteiger partial charge in [0.05, 0.1) is 0 Å². The van der Waals surface area contributed by atoms with E-state index in [0.29, 0.717) is 0 Å². The summed E-state index contributed by atoms with van der Waals surface area (Å²) in [6.07, 6.45) is -5.52. The fraction of sp³-hybridized carbons (Fsp3) is 1.00. The lowest BCUT2D eigenvalue weighted by Crippen LogP contribution is -2.52. The van der Waals surface area contributed by atoms with Gasteiger partial charge in [0.1, 0.15) is 0 Å². The minimum atomic E-state index is -5.52. The van der Waals surface area contributed by atoms with Crippen LogP contribution in [0.3, 0.4) is 0 Å². The Morgan fingerprint density at radius 2 is 1.60 bits per heavy atom. The summed E-state index contributed by atoms with van der Waals surface area (Å²) in [7, 11) is 0. The number of halogens is 4. The molecule has 0 aliphatic rings. The average molecular weight is 181 g/mol. The Morgan fingerprint density at radius 3 is 1.60 bits per heavy atom. The molecule has 62 valence electrons. The number of alkyl halides is 4. The predicted molar refractivity (Wildman–Crippen MR) is 24.9 cm³/mol. The highest BCUT2D eigenvalue weighted by atomic mass is 32.2. The minimum absolute atomic E-state index is 3.76. The molecule has 0 spiro atoms. The van der Waals surface area contributed by atoms with E-state index in [4.69, 9.17) is 4.55 Å². The molecule has 0 saturated carbocycles. The highest BCUT2D eigenvalue weighted by Gasteiger charge is 2.58. The molecule has 0 aromatic rings. The van der Waals surface area contributed by atoms with Crippen LogP contribution in [0.2, 0.25) is 0 Å². The van der Waals surface area contributed by atoms with Crippen LogP contribution in [-0.2, 0) is 11.1 Å². The van der Waals surface area contributed by atoms with Gasteiger partial charge in [-0.25, -0.2) is 4.21 Å². The molecule has 8 heteroatoms. The van der Waals surface area contributed by atoms with Crippen molar-refractivity contribution in [3.8, 4) is 0 Å². The van der Waals surface area contributed by atoms with Crippen molar-refractivity contribution in [1.29, 1.82) is 0 Å². The second kappa shape index (κ2) is 2.44. The monoisotopic (exact) mass is 181 g/mol. The van der Waals surface area contributed by atoms with Gasteiger partial charge < -0.3 is 4.55 Å². The summed E-state index contributed by atoms with van der Waals surface area (Å²) in [6, 6.07) is 0. The van der Waals surface area contributed by atoms with E-state index in [1.165, 1.54) is 0 Å². The molecular weight excluding hydrogens is 178 g/mol. The lowest BCUT2D eigenvalue weighted by Gasteiger charge is -2.18. The lowest BCUT2D eigenvalue weighted by molar-refractivity contribution is -0.195. The van der Waals surface area contributed by atoms with Gasteiger partial charge in [0.15, 0.2) is 0 Å². The first-order valence-electron chi connectivity index (χ1n) is 1.85. The molecule has 3 nitrogen and oxygen atoms in total. The molecule has 0 aliphatic heterocycles. The molecule has 3 N–H and O–H groups in total. The van der Waals surface area contributed by atoms with Crippen molar-refractivity contribution >= 4 is 11.1 Å². The highest BCUT2D eigenvalue weighted by molar-refractivity contribution is 7.80. The molecule has 0 rings (SSSR count). The topological polar surface area (TPSA) is 63.3 Å². The third-order valence-electron chi connectivity index (χ3n) is 0.641. The number of nitrogens with two attached hydrogens (primary N) is 1. The van der Waals surface area contributed by atoms with Crippen LogP contribution in [-0.4, -0.2) is 20.1 Å². The van der Waals surface area contributed by atoms with Gasteiger partial charge in [-0.15, -0.1) is 0 Å². The van der Waals surface area contributed by atoms with Crippen LogP contribution in [0.25, 0.3) is 0 Å². The molecule has 0 radical (unpaired) electrons. The first kappa shape index (κ1) is 9.79. The van der Waals surface area contributed by atoms with E-state index in [1.807, 2.05) is 0 Å². The zero-order chi connectivity index (χ0) is 8.58. The quantitative estimate of drug-likeness (QED) is 0.348. The summed E-state index contributed by atoms with van der Waals surface area (Å²) in [5.74, 6) is 0. The van der Waals surface area contributed by atoms with Crippen molar-refractivity contribution < 1.29 is 26.3 Å². The van der Waals surface area contributed by atoms with Crippen molar-refractivity contribution in [2.24, 2.45) is 5.73 Å². The Bertz CT molecular complexity index is 154. The zero-order valence-electron chi connectivity index (χ0n) is 4.35. The van der Waals surface area contributed by atoms with E-state index in [0.717, 1.165) is 0 Å². The molecule has 0 aromatic carbocycles. The average Bonchev–Trinajstić information content (AvgIpc) is 1.62. The van der Waals surface area contributed by atoms with Crippen molar-refractivity contribution in [3.63, 3.8) is 0 Å². The Labute approximate surface area is 55.5 Å². The summed E-state index contributed by atoms with van der Waals surface area (Å²) in [5.41, 5.74) is 3.79. The molecule has 2 unspecified atom stereocenters. The van der Waals surface area contributed by atoms with Crippen LogP contribution < -0.4 is 5.73 Å². The van der Waals surface area contributed by atoms with Crippen LogP contribution in [0, 0.1) is 0 Å². The zero-order valence-corrected chi connectivity index (χ0v) is 5.17. The van der Waals surface area contributed by atoms with E-state index >= 15 is 0 Å². The molecule has 0 fully saturated rings. The van der Waals surface area contributed by atoms with Crippen molar-refractivity contribution in [2.75, 3.05) is 0 Å².